The quantitative estimate of drug-likeness (QED) is 0.707. The van der Waals surface area contributed by atoms with Crippen LogP contribution in [0.4, 0.5) is 0 Å². The molecule has 0 aliphatic carbocycles. The van der Waals surface area contributed by atoms with Crippen LogP contribution in [0.3, 0.4) is 0 Å². The molecule has 1 fully saturated rings. The first-order valence-corrected chi connectivity index (χ1v) is 9.32. The van der Waals surface area contributed by atoms with Crippen molar-refractivity contribution in [2.24, 2.45) is 0 Å². The zero-order valence-electron chi connectivity index (χ0n) is 13.8. The number of rotatable bonds is 5. The van der Waals surface area contributed by atoms with E-state index in [-0.39, 0.29) is 11.9 Å². The maximum atomic E-state index is 12.7. The molecule has 0 unspecified atom stereocenters. The lowest BCUT2D eigenvalue weighted by atomic mass is 10.1. The fraction of sp³-hybridized carbons (Fsp3) is 0.333. The molecule has 1 amide bonds. The van der Waals surface area contributed by atoms with Crippen LogP contribution in [0.25, 0.3) is 10.7 Å². The Labute approximate surface area is 150 Å². The molecule has 25 heavy (non-hydrogen) atoms. The van der Waals surface area contributed by atoms with E-state index < -0.39 is 0 Å². The highest BCUT2D eigenvalue weighted by Gasteiger charge is 2.29. The van der Waals surface area contributed by atoms with E-state index in [0.29, 0.717) is 18.8 Å². The van der Waals surface area contributed by atoms with Gasteiger partial charge in [-0.1, -0.05) is 36.4 Å². The summed E-state index contributed by atoms with van der Waals surface area (Å²) in [7, 11) is 0. The van der Waals surface area contributed by atoms with Crippen molar-refractivity contribution in [1.29, 1.82) is 0 Å². The summed E-state index contributed by atoms with van der Waals surface area (Å²) in [4.78, 5) is 17.3. The van der Waals surface area contributed by atoms with Crippen molar-refractivity contribution in [2.45, 2.75) is 31.8 Å². The molecule has 128 valence electrons. The van der Waals surface area contributed by atoms with E-state index in [2.05, 4.69) is 15.4 Å². The second-order valence-electron chi connectivity index (χ2n) is 6.19. The van der Waals surface area contributed by atoms with Crippen LogP contribution in [0, 0.1) is 0 Å². The average Bonchev–Trinajstić information content (AvgIpc) is 3.37. The number of carbonyl (C=O) groups excluding carboxylic acids is 1. The first-order valence-electron chi connectivity index (χ1n) is 8.45. The van der Waals surface area contributed by atoms with Crippen LogP contribution < -0.4 is 0 Å². The Hall–Kier alpha value is -2.54. The number of amides is 1. The van der Waals surface area contributed by atoms with Gasteiger partial charge in [0.2, 0.25) is 11.7 Å². The minimum Gasteiger partial charge on any atom is -0.337 e. The van der Waals surface area contributed by atoms with Gasteiger partial charge in [-0.15, -0.1) is 21.5 Å². The van der Waals surface area contributed by atoms with Gasteiger partial charge in [0.05, 0.1) is 23.9 Å². The highest BCUT2D eigenvalue weighted by Crippen LogP contribution is 2.22. The molecule has 6 nitrogen and oxygen atoms in total. The van der Waals surface area contributed by atoms with Crippen molar-refractivity contribution in [2.75, 3.05) is 6.54 Å². The fourth-order valence-electron chi connectivity index (χ4n) is 3.24. The van der Waals surface area contributed by atoms with Gasteiger partial charge in [-0.3, -0.25) is 4.79 Å². The fourth-order valence-corrected chi connectivity index (χ4v) is 3.89. The molecule has 1 aliphatic rings. The van der Waals surface area contributed by atoms with Gasteiger partial charge in [-0.2, -0.15) is 4.80 Å². The summed E-state index contributed by atoms with van der Waals surface area (Å²) in [5, 5.41) is 14.7. The van der Waals surface area contributed by atoms with Gasteiger partial charge in [-0.25, -0.2) is 0 Å². The summed E-state index contributed by atoms with van der Waals surface area (Å²) in [5.41, 5.74) is 1.05. The van der Waals surface area contributed by atoms with Crippen LogP contribution in [0.2, 0.25) is 0 Å². The van der Waals surface area contributed by atoms with Gasteiger partial charge in [-0.05, 0) is 35.1 Å². The normalized spacial score (nSPS) is 17.1. The molecular weight excluding hydrogens is 334 g/mol. The third-order valence-electron chi connectivity index (χ3n) is 4.46. The number of nitrogens with zero attached hydrogens (tertiary/aromatic N) is 5. The lowest BCUT2D eigenvalue weighted by Gasteiger charge is -2.24. The highest BCUT2D eigenvalue weighted by atomic mass is 32.1. The van der Waals surface area contributed by atoms with Gasteiger partial charge in [0, 0.05) is 6.54 Å². The van der Waals surface area contributed by atoms with Crippen LogP contribution in [0.15, 0.2) is 47.8 Å². The second kappa shape index (κ2) is 7.14. The Bertz CT molecular complexity index is 830. The van der Waals surface area contributed by atoms with Crippen molar-refractivity contribution in [3.05, 3.63) is 53.4 Å². The van der Waals surface area contributed by atoms with E-state index in [1.807, 2.05) is 52.7 Å². The van der Waals surface area contributed by atoms with Gasteiger partial charge >= 0.3 is 0 Å². The van der Waals surface area contributed by atoms with Crippen molar-refractivity contribution >= 4 is 17.2 Å². The van der Waals surface area contributed by atoms with Crippen LogP contribution in [0.5, 0.6) is 0 Å². The van der Waals surface area contributed by atoms with Crippen molar-refractivity contribution < 1.29 is 4.79 Å². The monoisotopic (exact) mass is 353 g/mol. The Kier molecular flexibility index (Phi) is 4.56. The number of tetrazole rings is 1. The summed E-state index contributed by atoms with van der Waals surface area (Å²) in [5.74, 6) is 0.822. The Morgan fingerprint density at radius 3 is 2.88 bits per heavy atom. The number of carbonyl (C=O) groups is 1. The smallest absolute Gasteiger partial charge is 0.227 e. The minimum absolute atomic E-state index is 0.140. The van der Waals surface area contributed by atoms with E-state index in [0.717, 1.165) is 29.8 Å². The predicted molar refractivity (Wildman–Crippen MR) is 96.0 cm³/mol. The van der Waals surface area contributed by atoms with E-state index in [1.54, 1.807) is 16.1 Å². The maximum absolute atomic E-state index is 12.7. The minimum atomic E-state index is 0.140. The molecule has 2 aromatic heterocycles. The molecule has 3 aromatic rings. The zero-order valence-corrected chi connectivity index (χ0v) is 14.6. The molecule has 0 bridgehead atoms. The summed E-state index contributed by atoms with van der Waals surface area (Å²) in [6, 6.07) is 14.0. The lowest BCUT2D eigenvalue weighted by Crippen LogP contribution is -2.39. The topological polar surface area (TPSA) is 63.9 Å². The van der Waals surface area contributed by atoms with E-state index in [1.165, 1.54) is 0 Å². The molecule has 1 saturated heterocycles. The SMILES string of the molecule is O=C(Cc1ccccc1)N1CCC[C@@H]1Cn1nnc(-c2cccs2)n1. The average molecular weight is 353 g/mol. The number of benzene rings is 1. The van der Waals surface area contributed by atoms with Crippen molar-refractivity contribution in [3.8, 4) is 10.7 Å². The summed E-state index contributed by atoms with van der Waals surface area (Å²) in [6.07, 6.45) is 2.46. The lowest BCUT2D eigenvalue weighted by molar-refractivity contribution is -0.131. The maximum Gasteiger partial charge on any atom is 0.227 e. The van der Waals surface area contributed by atoms with Crippen LogP contribution in [-0.4, -0.2) is 43.6 Å². The number of hydrogen-bond acceptors (Lipinski definition) is 5. The highest BCUT2D eigenvalue weighted by molar-refractivity contribution is 7.13. The Balaban J connectivity index is 1.42. The summed E-state index contributed by atoms with van der Waals surface area (Å²) in [6.45, 7) is 1.40. The molecule has 0 saturated carbocycles. The second-order valence-corrected chi connectivity index (χ2v) is 7.14. The molecule has 0 spiro atoms. The third-order valence-corrected chi connectivity index (χ3v) is 5.33. The molecule has 1 aromatic carbocycles. The number of hydrogen-bond donors (Lipinski definition) is 0. The molecule has 4 rings (SSSR count). The molecule has 3 heterocycles. The van der Waals surface area contributed by atoms with Crippen LogP contribution >= 0.6 is 11.3 Å². The van der Waals surface area contributed by atoms with E-state index in [4.69, 9.17) is 0 Å². The summed E-state index contributed by atoms with van der Waals surface area (Å²) < 4.78 is 0. The van der Waals surface area contributed by atoms with Crippen LogP contribution in [-0.2, 0) is 17.8 Å². The first-order chi connectivity index (χ1) is 12.3. The van der Waals surface area contributed by atoms with Gasteiger partial charge in [0.25, 0.3) is 0 Å². The molecular formula is C18H19N5OS. The van der Waals surface area contributed by atoms with Gasteiger partial charge < -0.3 is 4.90 Å². The first kappa shape index (κ1) is 16.0. The van der Waals surface area contributed by atoms with Gasteiger partial charge in [0.15, 0.2) is 0 Å². The largest absolute Gasteiger partial charge is 0.337 e. The summed E-state index contributed by atoms with van der Waals surface area (Å²) >= 11 is 1.60. The van der Waals surface area contributed by atoms with Crippen molar-refractivity contribution in [3.63, 3.8) is 0 Å². The number of thiophene rings is 1. The molecule has 1 aliphatic heterocycles. The molecule has 1 atom stereocenters. The van der Waals surface area contributed by atoms with E-state index in [9.17, 15) is 4.79 Å². The Morgan fingerprint density at radius 1 is 1.20 bits per heavy atom. The zero-order chi connectivity index (χ0) is 17.1. The third kappa shape index (κ3) is 3.61. The standard InChI is InChI=1S/C18H19N5OS/c24-17(12-14-6-2-1-3-7-14)22-10-4-8-15(22)13-23-20-18(19-21-23)16-9-5-11-25-16/h1-3,5-7,9,11,15H,4,8,10,12-13H2/t15-/m1/s1. The Morgan fingerprint density at radius 2 is 2.08 bits per heavy atom. The van der Waals surface area contributed by atoms with Crippen LogP contribution in [0.1, 0.15) is 18.4 Å². The van der Waals surface area contributed by atoms with Crippen molar-refractivity contribution in [1.82, 2.24) is 25.1 Å². The van der Waals surface area contributed by atoms with E-state index >= 15 is 0 Å². The number of likely N-dealkylation sites (tertiary alicyclic amines) is 1. The number of aromatic nitrogens is 4. The molecule has 7 heteroatoms. The molecule has 0 N–H and O–H groups in total. The van der Waals surface area contributed by atoms with Gasteiger partial charge in [0.1, 0.15) is 0 Å². The predicted octanol–water partition coefficient (Wildman–Crippen LogP) is 2.64. The molecule has 0 radical (unpaired) electrons.